The van der Waals surface area contributed by atoms with Crippen molar-refractivity contribution in [3.8, 4) is 11.8 Å². The largest absolute Gasteiger partial charge is 0.345 e. The normalized spacial score (nSPS) is 9.12. The second-order valence-corrected chi connectivity index (χ2v) is 3.84. The maximum Gasteiger partial charge on any atom is 0.221 e. The molecule has 0 aliphatic rings. The molecule has 4 heteroatoms. The number of halogens is 2. The summed E-state index contributed by atoms with van der Waals surface area (Å²) in [6.07, 6.45) is 0.320. The predicted octanol–water partition coefficient (Wildman–Crippen LogP) is 2.44. The van der Waals surface area contributed by atoms with Gasteiger partial charge in [-0.1, -0.05) is 29.5 Å². The zero-order chi connectivity index (χ0) is 11.8. The Morgan fingerprint density at radius 3 is 2.94 bits per heavy atom. The molecule has 1 N–H and O–H groups in total. The van der Waals surface area contributed by atoms with Crippen LogP contribution < -0.4 is 5.32 Å². The first kappa shape index (κ1) is 12.9. The van der Waals surface area contributed by atoms with Gasteiger partial charge in [-0.2, -0.15) is 0 Å². The highest BCUT2D eigenvalue weighted by atomic mass is 35.5. The molecule has 16 heavy (non-hydrogen) atoms. The lowest BCUT2D eigenvalue weighted by molar-refractivity contribution is -0.120. The van der Waals surface area contributed by atoms with Crippen LogP contribution in [0.5, 0.6) is 0 Å². The third-order valence-electron chi connectivity index (χ3n) is 1.75. The number of carbonyl (C=O) groups is 1. The highest BCUT2D eigenvalue weighted by molar-refractivity contribution is 6.30. The van der Waals surface area contributed by atoms with E-state index in [1.807, 2.05) is 12.1 Å². The summed E-state index contributed by atoms with van der Waals surface area (Å²) in [5, 5.41) is 3.29. The fourth-order valence-corrected chi connectivity index (χ4v) is 1.39. The van der Waals surface area contributed by atoms with Crippen molar-refractivity contribution >= 4 is 29.1 Å². The predicted molar refractivity (Wildman–Crippen MR) is 66.7 cm³/mol. The Kier molecular flexibility index (Phi) is 5.77. The van der Waals surface area contributed by atoms with Gasteiger partial charge in [0.1, 0.15) is 0 Å². The van der Waals surface area contributed by atoms with Crippen molar-refractivity contribution in [3.63, 3.8) is 0 Å². The molecule has 0 aliphatic heterocycles. The van der Waals surface area contributed by atoms with Crippen LogP contribution >= 0.6 is 23.2 Å². The van der Waals surface area contributed by atoms with Gasteiger partial charge in [0.05, 0.1) is 6.54 Å². The molecular weight excluding hydrogens is 245 g/mol. The number of alkyl halides is 1. The highest BCUT2D eigenvalue weighted by Gasteiger charge is 1.95. The number of amides is 1. The average Bonchev–Trinajstić information content (AvgIpc) is 2.25. The van der Waals surface area contributed by atoms with Crippen LogP contribution in [0.15, 0.2) is 24.3 Å². The minimum atomic E-state index is -0.0876. The zero-order valence-electron chi connectivity index (χ0n) is 8.59. The topological polar surface area (TPSA) is 29.1 Å². The second kappa shape index (κ2) is 7.16. The summed E-state index contributed by atoms with van der Waals surface area (Å²) in [6.45, 7) is 0.322. The summed E-state index contributed by atoms with van der Waals surface area (Å²) in [5.41, 5.74) is 0.832. The molecule has 0 radical (unpaired) electrons. The van der Waals surface area contributed by atoms with Crippen LogP contribution in [0.2, 0.25) is 5.02 Å². The monoisotopic (exact) mass is 255 g/mol. The molecule has 84 valence electrons. The number of rotatable bonds is 3. The molecule has 1 rings (SSSR count). The van der Waals surface area contributed by atoms with Crippen molar-refractivity contribution in [1.29, 1.82) is 0 Å². The van der Waals surface area contributed by atoms with Crippen molar-refractivity contribution in [2.75, 3.05) is 12.4 Å². The van der Waals surface area contributed by atoms with E-state index in [0.717, 1.165) is 5.56 Å². The Balaban J connectivity index is 2.41. The SMILES string of the molecule is O=C(CCCl)NCC#Cc1cccc(Cl)c1. The number of hydrogen-bond donors (Lipinski definition) is 1. The lowest BCUT2D eigenvalue weighted by Crippen LogP contribution is -2.23. The molecule has 0 spiro atoms. The fraction of sp³-hybridized carbons (Fsp3) is 0.250. The van der Waals surface area contributed by atoms with Crippen LogP contribution in [0.1, 0.15) is 12.0 Å². The molecule has 0 heterocycles. The Labute approximate surface area is 105 Å². The standard InChI is InChI=1S/C12H11Cl2NO/c13-7-6-12(16)15-8-2-4-10-3-1-5-11(14)9-10/h1,3,5,9H,6-8H2,(H,15,16). The van der Waals surface area contributed by atoms with Crippen molar-refractivity contribution in [3.05, 3.63) is 34.9 Å². The van der Waals surface area contributed by atoms with Crippen LogP contribution in [-0.4, -0.2) is 18.3 Å². The van der Waals surface area contributed by atoms with Gasteiger partial charge in [0.2, 0.25) is 5.91 Å². The van der Waals surface area contributed by atoms with E-state index in [0.29, 0.717) is 23.9 Å². The smallest absolute Gasteiger partial charge is 0.221 e. The summed E-state index contributed by atoms with van der Waals surface area (Å²) in [6, 6.07) is 7.25. The summed E-state index contributed by atoms with van der Waals surface area (Å²) >= 11 is 11.2. The molecule has 1 amide bonds. The molecule has 1 aromatic carbocycles. The maximum absolute atomic E-state index is 11.0. The van der Waals surface area contributed by atoms with Crippen molar-refractivity contribution in [2.24, 2.45) is 0 Å². The number of hydrogen-bond acceptors (Lipinski definition) is 1. The molecule has 1 aromatic rings. The van der Waals surface area contributed by atoms with E-state index in [1.54, 1.807) is 12.1 Å². The molecule has 2 nitrogen and oxygen atoms in total. The summed E-state index contributed by atoms with van der Waals surface area (Å²) in [5.74, 6) is 5.97. The first-order valence-electron chi connectivity index (χ1n) is 4.79. The Hall–Kier alpha value is -1.17. The summed E-state index contributed by atoms with van der Waals surface area (Å²) in [7, 11) is 0. The lowest BCUT2D eigenvalue weighted by Gasteiger charge is -1.96. The van der Waals surface area contributed by atoms with Crippen LogP contribution in [0.25, 0.3) is 0 Å². The van der Waals surface area contributed by atoms with Gasteiger partial charge in [-0.25, -0.2) is 0 Å². The third-order valence-corrected chi connectivity index (χ3v) is 2.18. The summed E-state index contributed by atoms with van der Waals surface area (Å²) < 4.78 is 0. The second-order valence-electron chi connectivity index (χ2n) is 3.03. The van der Waals surface area contributed by atoms with E-state index in [1.165, 1.54) is 0 Å². The van der Waals surface area contributed by atoms with Gasteiger partial charge in [-0.05, 0) is 18.2 Å². The molecular formula is C12H11Cl2NO. The molecule has 0 unspecified atom stereocenters. The third kappa shape index (κ3) is 5.06. The quantitative estimate of drug-likeness (QED) is 0.653. The Morgan fingerprint density at radius 1 is 1.44 bits per heavy atom. The van der Waals surface area contributed by atoms with E-state index in [-0.39, 0.29) is 5.91 Å². The Bertz CT molecular complexity index is 421. The van der Waals surface area contributed by atoms with Gasteiger partial charge in [0, 0.05) is 22.9 Å². The maximum atomic E-state index is 11.0. The van der Waals surface area contributed by atoms with E-state index in [2.05, 4.69) is 17.2 Å². The zero-order valence-corrected chi connectivity index (χ0v) is 10.1. The first-order valence-corrected chi connectivity index (χ1v) is 5.70. The molecule has 0 fully saturated rings. The number of carbonyl (C=O) groups excluding carboxylic acids is 1. The van der Waals surface area contributed by atoms with Gasteiger partial charge in [0.25, 0.3) is 0 Å². The van der Waals surface area contributed by atoms with Crippen molar-refractivity contribution < 1.29 is 4.79 Å². The molecule has 0 atom stereocenters. The van der Waals surface area contributed by atoms with E-state index in [4.69, 9.17) is 23.2 Å². The van der Waals surface area contributed by atoms with Crippen molar-refractivity contribution in [1.82, 2.24) is 5.32 Å². The average molecular weight is 256 g/mol. The lowest BCUT2D eigenvalue weighted by atomic mass is 10.2. The molecule has 0 bridgehead atoms. The van der Waals surface area contributed by atoms with E-state index >= 15 is 0 Å². The van der Waals surface area contributed by atoms with Gasteiger partial charge in [0.15, 0.2) is 0 Å². The molecule has 0 aromatic heterocycles. The van der Waals surface area contributed by atoms with Crippen molar-refractivity contribution in [2.45, 2.75) is 6.42 Å². The van der Waals surface area contributed by atoms with Crippen LogP contribution in [-0.2, 0) is 4.79 Å². The summed E-state index contributed by atoms with van der Waals surface area (Å²) in [4.78, 5) is 11.0. The van der Waals surface area contributed by atoms with E-state index < -0.39 is 0 Å². The molecule has 0 saturated heterocycles. The minimum absolute atomic E-state index is 0.0876. The first-order chi connectivity index (χ1) is 7.72. The van der Waals surface area contributed by atoms with Gasteiger partial charge >= 0.3 is 0 Å². The van der Waals surface area contributed by atoms with Gasteiger partial charge < -0.3 is 5.32 Å². The minimum Gasteiger partial charge on any atom is -0.345 e. The van der Waals surface area contributed by atoms with Crippen LogP contribution in [0, 0.1) is 11.8 Å². The van der Waals surface area contributed by atoms with Crippen LogP contribution in [0.4, 0.5) is 0 Å². The van der Waals surface area contributed by atoms with Crippen LogP contribution in [0.3, 0.4) is 0 Å². The number of nitrogens with one attached hydrogen (secondary N) is 1. The van der Waals surface area contributed by atoms with Gasteiger partial charge in [-0.3, -0.25) is 4.79 Å². The molecule has 0 saturated carbocycles. The Morgan fingerprint density at radius 2 is 2.25 bits per heavy atom. The number of benzene rings is 1. The fourth-order valence-electron chi connectivity index (χ4n) is 1.03. The van der Waals surface area contributed by atoms with Gasteiger partial charge in [-0.15, -0.1) is 11.6 Å². The van der Waals surface area contributed by atoms with E-state index in [9.17, 15) is 4.79 Å². The molecule has 0 aliphatic carbocycles. The highest BCUT2D eigenvalue weighted by Crippen LogP contribution is 2.08.